The molecule has 0 saturated heterocycles. The van der Waals surface area contributed by atoms with Crippen molar-refractivity contribution in [2.75, 3.05) is 13.2 Å². The van der Waals surface area contributed by atoms with Gasteiger partial charge < -0.3 is 9.84 Å². The van der Waals surface area contributed by atoms with Crippen molar-refractivity contribution in [3.63, 3.8) is 0 Å². The molecule has 0 saturated carbocycles. The molecule has 1 heterocycles. The zero-order valence-electron chi connectivity index (χ0n) is 12.3. The minimum atomic E-state index is -0.377. The van der Waals surface area contributed by atoms with Crippen LogP contribution < -0.4 is 0 Å². The Bertz CT molecular complexity index is 642. The Morgan fingerprint density at radius 2 is 1.86 bits per heavy atom. The van der Waals surface area contributed by atoms with Crippen molar-refractivity contribution in [2.24, 2.45) is 0 Å². The van der Waals surface area contributed by atoms with Gasteiger partial charge in [0.1, 0.15) is 6.61 Å². The number of ether oxygens (including phenoxy) is 1. The van der Waals surface area contributed by atoms with E-state index in [9.17, 15) is 9.90 Å². The number of aliphatic hydroxyl groups excluding tert-OH is 1. The molecule has 114 valence electrons. The normalized spacial score (nSPS) is 17.0. The summed E-state index contributed by atoms with van der Waals surface area (Å²) < 4.78 is 5.39. The van der Waals surface area contributed by atoms with Crippen LogP contribution in [0.15, 0.2) is 54.6 Å². The molecule has 0 fully saturated rings. The average molecular weight is 297 g/mol. The second-order valence-corrected chi connectivity index (χ2v) is 5.38. The highest BCUT2D eigenvalue weighted by Gasteiger charge is 2.31. The summed E-state index contributed by atoms with van der Waals surface area (Å²) in [6.07, 6.45) is 0.407. The SMILES string of the molecule is O=C(OCc1ccccc1)N1CCc2ccccc2C1CO. The Hall–Kier alpha value is -2.33. The first kappa shape index (κ1) is 14.6. The quantitative estimate of drug-likeness (QED) is 0.947. The third kappa shape index (κ3) is 2.97. The Morgan fingerprint density at radius 3 is 2.64 bits per heavy atom. The van der Waals surface area contributed by atoms with Crippen molar-refractivity contribution in [1.29, 1.82) is 0 Å². The molecule has 1 N–H and O–H groups in total. The average Bonchev–Trinajstić information content (AvgIpc) is 2.59. The number of fused-ring (bicyclic) bond motifs is 1. The van der Waals surface area contributed by atoms with Crippen LogP contribution in [-0.4, -0.2) is 29.3 Å². The summed E-state index contributed by atoms with van der Waals surface area (Å²) in [6, 6.07) is 17.2. The van der Waals surface area contributed by atoms with Crippen LogP contribution in [0.5, 0.6) is 0 Å². The maximum absolute atomic E-state index is 12.3. The smallest absolute Gasteiger partial charge is 0.410 e. The predicted octanol–water partition coefficient (Wildman–Crippen LogP) is 2.91. The number of carbonyl (C=O) groups excluding carboxylic acids is 1. The van der Waals surface area contributed by atoms with Crippen LogP contribution in [0, 0.1) is 0 Å². The van der Waals surface area contributed by atoms with Gasteiger partial charge in [-0.2, -0.15) is 0 Å². The molecule has 4 heteroatoms. The Balaban J connectivity index is 1.70. The van der Waals surface area contributed by atoms with Gasteiger partial charge >= 0.3 is 6.09 Å². The van der Waals surface area contributed by atoms with E-state index in [0.29, 0.717) is 6.54 Å². The van der Waals surface area contributed by atoms with Crippen LogP contribution in [0.3, 0.4) is 0 Å². The van der Waals surface area contributed by atoms with Gasteiger partial charge in [0.2, 0.25) is 0 Å². The lowest BCUT2D eigenvalue weighted by atomic mass is 9.93. The molecule has 0 aromatic heterocycles. The standard InChI is InChI=1S/C18H19NO3/c20-12-17-16-9-5-4-8-15(16)10-11-19(17)18(21)22-13-14-6-2-1-3-7-14/h1-9,17,20H,10-13H2. The Kier molecular flexibility index (Phi) is 4.39. The molecule has 2 aromatic carbocycles. The summed E-state index contributed by atoms with van der Waals surface area (Å²) in [7, 11) is 0. The molecular weight excluding hydrogens is 278 g/mol. The molecule has 3 rings (SSSR count). The summed E-state index contributed by atoms with van der Waals surface area (Å²) in [5.41, 5.74) is 3.15. The molecule has 1 atom stereocenters. The van der Waals surface area contributed by atoms with Gasteiger partial charge in [-0.3, -0.25) is 4.90 Å². The molecule has 1 aliphatic rings. The van der Waals surface area contributed by atoms with Gasteiger partial charge in [-0.25, -0.2) is 4.79 Å². The molecule has 1 aliphatic heterocycles. The van der Waals surface area contributed by atoms with Crippen LogP contribution in [0.4, 0.5) is 4.79 Å². The van der Waals surface area contributed by atoms with Gasteiger partial charge in [-0.05, 0) is 23.1 Å². The molecular formula is C18H19NO3. The maximum atomic E-state index is 12.3. The number of rotatable bonds is 3. The number of benzene rings is 2. The van der Waals surface area contributed by atoms with Crippen molar-refractivity contribution >= 4 is 6.09 Å². The molecule has 22 heavy (non-hydrogen) atoms. The first-order valence-electron chi connectivity index (χ1n) is 7.45. The highest BCUT2D eigenvalue weighted by molar-refractivity contribution is 5.69. The van der Waals surface area contributed by atoms with Crippen LogP contribution >= 0.6 is 0 Å². The third-order valence-electron chi connectivity index (χ3n) is 4.02. The summed E-state index contributed by atoms with van der Waals surface area (Å²) in [5, 5.41) is 9.69. The van der Waals surface area contributed by atoms with E-state index in [-0.39, 0.29) is 25.3 Å². The number of aliphatic hydroxyl groups is 1. The number of carbonyl (C=O) groups is 1. The van der Waals surface area contributed by atoms with Crippen molar-refractivity contribution in [1.82, 2.24) is 4.90 Å². The monoisotopic (exact) mass is 297 g/mol. The Labute approximate surface area is 130 Å². The minimum Gasteiger partial charge on any atom is -0.445 e. The van der Waals surface area contributed by atoms with E-state index in [1.54, 1.807) is 4.90 Å². The summed E-state index contributed by atoms with van der Waals surface area (Å²) in [6.45, 7) is 0.712. The lowest BCUT2D eigenvalue weighted by Gasteiger charge is -2.35. The fourth-order valence-electron chi connectivity index (χ4n) is 2.87. The highest BCUT2D eigenvalue weighted by atomic mass is 16.6. The van der Waals surface area contributed by atoms with Gasteiger partial charge in [0, 0.05) is 6.54 Å². The molecule has 0 bridgehead atoms. The van der Waals surface area contributed by atoms with E-state index < -0.39 is 0 Å². The van der Waals surface area contributed by atoms with E-state index in [1.165, 1.54) is 5.56 Å². The van der Waals surface area contributed by atoms with Gasteiger partial charge in [0.05, 0.1) is 12.6 Å². The van der Waals surface area contributed by atoms with Gasteiger partial charge in [-0.15, -0.1) is 0 Å². The van der Waals surface area contributed by atoms with Crippen LogP contribution in [0.1, 0.15) is 22.7 Å². The third-order valence-corrected chi connectivity index (χ3v) is 4.02. The Morgan fingerprint density at radius 1 is 1.14 bits per heavy atom. The van der Waals surface area contributed by atoms with Gasteiger partial charge in [0.15, 0.2) is 0 Å². The molecule has 1 amide bonds. The van der Waals surface area contributed by atoms with E-state index in [0.717, 1.165) is 17.5 Å². The number of amides is 1. The minimum absolute atomic E-state index is 0.0998. The summed E-state index contributed by atoms with van der Waals surface area (Å²) >= 11 is 0. The zero-order chi connectivity index (χ0) is 15.4. The summed E-state index contributed by atoms with van der Waals surface area (Å²) in [4.78, 5) is 14.0. The van der Waals surface area contributed by atoms with E-state index >= 15 is 0 Å². The number of nitrogens with zero attached hydrogens (tertiary/aromatic N) is 1. The molecule has 0 radical (unpaired) electrons. The highest BCUT2D eigenvalue weighted by Crippen LogP contribution is 2.29. The molecule has 0 spiro atoms. The molecule has 2 aromatic rings. The van der Waals surface area contributed by atoms with Crippen LogP contribution in [0.2, 0.25) is 0 Å². The van der Waals surface area contributed by atoms with E-state index in [1.807, 2.05) is 54.6 Å². The number of hydrogen-bond donors (Lipinski definition) is 1. The van der Waals surface area contributed by atoms with Crippen molar-refractivity contribution in [2.45, 2.75) is 19.1 Å². The zero-order valence-corrected chi connectivity index (χ0v) is 12.3. The molecule has 1 unspecified atom stereocenters. The lowest BCUT2D eigenvalue weighted by molar-refractivity contribution is 0.0603. The van der Waals surface area contributed by atoms with Gasteiger partial charge in [0.25, 0.3) is 0 Å². The predicted molar refractivity (Wildman–Crippen MR) is 83.3 cm³/mol. The topological polar surface area (TPSA) is 49.8 Å². The van der Waals surface area contributed by atoms with Crippen LogP contribution in [0.25, 0.3) is 0 Å². The maximum Gasteiger partial charge on any atom is 0.410 e. The lowest BCUT2D eigenvalue weighted by Crippen LogP contribution is -2.41. The fraction of sp³-hybridized carbons (Fsp3) is 0.278. The first-order chi connectivity index (χ1) is 10.8. The van der Waals surface area contributed by atoms with Crippen molar-refractivity contribution in [3.8, 4) is 0 Å². The molecule has 0 aliphatic carbocycles. The van der Waals surface area contributed by atoms with Crippen LogP contribution in [-0.2, 0) is 17.8 Å². The fourth-order valence-corrected chi connectivity index (χ4v) is 2.87. The molecule has 4 nitrogen and oxygen atoms in total. The first-order valence-corrected chi connectivity index (χ1v) is 7.45. The second kappa shape index (κ2) is 6.62. The van der Waals surface area contributed by atoms with Crippen molar-refractivity contribution < 1.29 is 14.6 Å². The summed E-state index contributed by atoms with van der Waals surface area (Å²) in [5.74, 6) is 0. The van der Waals surface area contributed by atoms with E-state index in [4.69, 9.17) is 4.74 Å². The van der Waals surface area contributed by atoms with Crippen molar-refractivity contribution in [3.05, 3.63) is 71.3 Å². The van der Waals surface area contributed by atoms with Gasteiger partial charge in [-0.1, -0.05) is 54.6 Å². The van der Waals surface area contributed by atoms with E-state index in [2.05, 4.69) is 0 Å². The number of hydrogen-bond acceptors (Lipinski definition) is 3. The largest absolute Gasteiger partial charge is 0.445 e. The second-order valence-electron chi connectivity index (χ2n) is 5.38.